The van der Waals surface area contributed by atoms with Gasteiger partial charge in [-0.15, -0.1) is 0 Å². The summed E-state index contributed by atoms with van der Waals surface area (Å²) in [6.45, 7) is 3.49. The largest absolute Gasteiger partial charge is 0.485 e. The first kappa shape index (κ1) is 13.6. The second-order valence-electron chi connectivity index (χ2n) is 5.69. The Labute approximate surface area is 120 Å². The maximum atomic E-state index is 11.5. The molecule has 3 rings (SSSR count). The molecular weight excluding hydrogens is 276 g/mol. The van der Waals surface area contributed by atoms with E-state index in [-0.39, 0.29) is 0 Å². The fourth-order valence-corrected chi connectivity index (χ4v) is 2.60. The number of carbonyl (C=O) groups excluding carboxylic acids is 1. The third-order valence-corrected chi connectivity index (χ3v) is 3.85. The number of hydrogen-bond donors (Lipinski definition) is 2. The molecule has 2 atom stereocenters. The molecule has 0 spiro atoms. The van der Waals surface area contributed by atoms with Gasteiger partial charge in [-0.2, -0.15) is 0 Å². The van der Waals surface area contributed by atoms with Gasteiger partial charge in [-0.1, -0.05) is 0 Å². The summed E-state index contributed by atoms with van der Waals surface area (Å²) in [5, 5.41) is 18.1. The number of likely N-dealkylation sites (N-methyl/N-ethyl adjacent to an activating group) is 1. The molecule has 0 bridgehead atoms. The number of ether oxygens (including phenoxy) is 1. The highest BCUT2D eigenvalue weighted by Crippen LogP contribution is 2.43. The Morgan fingerprint density at radius 1 is 1.38 bits per heavy atom. The predicted octanol–water partition coefficient (Wildman–Crippen LogP) is 0.806. The second kappa shape index (κ2) is 4.32. The molecule has 2 amide bonds. The van der Waals surface area contributed by atoms with Gasteiger partial charge >= 0.3 is 6.03 Å². The number of aromatic nitrogens is 2. The van der Waals surface area contributed by atoms with E-state index in [4.69, 9.17) is 10.5 Å². The Hall–Kier alpha value is -2.35. The molecule has 0 radical (unpaired) electrons. The number of nitrogens with zero attached hydrogens (tertiary/aromatic N) is 3. The van der Waals surface area contributed by atoms with Crippen molar-refractivity contribution in [1.82, 2.24) is 15.2 Å². The summed E-state index contributed by atoms with van der Waals surface area (Å²) in [5.74, 6) is 0.520. The fraction of sp³-hybridized carbons (Fsp3) is 0.462. The Bertz CT molecular complexity index is 711. The van der Waals surface area contributed by atoms with Crippen LogP contribution in [0.2, 0.25) is 0 Å². The molecule has 3 N–H and O–H groups in total. The number of amides is 2. The van der Waals surface area contributed by atoms with Gasteiger partial charge in [0.15, 0.2) is 0 Å². The molecule has 0 saturated carbocycles. The van der Waals surface area contributed by atoms with Crippen molar-refractivity contribution in [3.8, 4) is 5.75 Å². The van der Waals surface area contributed by atoms with Gasteiger partial charge in [-0.3, -0.25) is 0 Å². The van der Waals surface area contributed by atoms with Gasteiger partial charge < -0.3 is 20.5 Å². The summed E-state index contributed by atoms with van der Waals surface area (Å²) in [6, 6.07) is 2.09. The average Bonchev–Trinajstić information content (AvgIpc) is 2.84. The van der Waals surface area contributed by atoms with Crippen molar-refractivity contribution in [2.45, 2.75) is 31.6 Å². The molecule has 112 valence electrons. The summed E-state index contributed by atoms with van der Waals surface area (Å²) in [5.41, 5.74) is 6.15. The van der Waals surface area contributed by atoms with Gasteiger partial charge in [0.2, 0.25) is 0 Å². The van der Waals surface area contributed by atoms with E-state index in [2.05, 4.69) is 14.9 Å². The van der Waals surface area contributed by atoms with E-state index in [1.165, 1.54) is 11.9 Å². The molecule has 1 aliphatic heterocycles. The lowest BCUT2D eigenvalue weighted by Crippen LogP contribution is -2.54. The van der Waals surface area contributed by atoms with Gasteiger partial charge in [-0.05, 0) is 30.2 Å². The van der Waals surface area contributed by atoms with Gasteiger partial charge in [-0.25, -0.2) is 9.42 Å². The van der Waals surface area contributed by atoms with Crippen LogP contribution >= 0.6 is 0 Å². The van der Waals surface area contributed by atoms with Crippen LogP contribution in [0.25, 0.3) is 11.0 Å². The van der Waals surface area contributed by atoms with Crippen molar-refractivity contribution >= 4 is 17.1 Å². The number of urea groups is 1. The monoisotopic (exact) mass is 292 g/mol. The number of nitrogens with two attached hydrogens (primary N) is 1. The van der Waals surface area contributed by atoms with Crippen LogP contribution in [0.1, 0.15) is 25.5 Å². The average molecular weight is 292 g/mol. The number of fused-ring (bicyclic) bond motifs is 2. The van der Waals surface area contributed by atoms with Crippen molar-refractivity contribution in [3.63, 3.8) is 0 Å². The fourth-order valence-electron chi connectivity index (χ4n) is 2.60. The van der Waals surface area contributed by atoms with E-state index in [1.807, 2.05) is 0 Å². The number of hydrogen-bond acceptors (Lipinski definition) is 6. The molecule has 8 heteroatoms. The Kier molecular flexibility index (Phi) is 2.80. The van der Waals surface area contributed by atoms with Crippen molar-refractivity contribution < 1.29 is 19.3 Å². The summed E-state index contributed by atoms with van der Waals surface area (Å²) in [7, 11) is 1.53. The Balaban J connectivity index is 2.21. The molecule has 1 aliphatic rings. The second-order valence-corrected chi connectivity index (χ2v) is 5.69. The molecule has 2 unspecified atom stereocenters. The van der Waals surface area contributed by atoms with E-state index in [0.29, 0.717) is 22.3 Å². The topological polar surface area (TPSA) is 115 Å². The molecule has 0 aliphatic carbocycles. The van der Waals surface area contributed by atoms with Crippen LogP contribution in [0.3, 0.4) is 0 Å². The van der Waals surface area contributed by atoms with Crippen LogP contribution in [0, 0.1) is 0 Å². The molecule has 8 nitrogen and oxygen atoms in total. The molecule has 1 aromatic carbocycles. The Morgan fingerprint density at radius 2 is 2.00 bits per heavy atom. The SMILES string of the molecule is CN(C(N)=O)C1c2cc3nonc3cc2OC(C)(C)C1O. The third kappa shape index (κ3) is 1.99. The zero-order valence-corrected chi connectivity index (χ0v) is 11.9. The standard InChI is InChI=1S/C13H16N4O4/c1-13(2)11(18)10(17(3)12(14)19)6-4-7-8(16-21-15-7)5-9(6)20-13/h4-5,10-11,18H,1-3H3,(H2,14,19). The highest BCUT2D eigenvalue weighted by atomic mass is 16.6. The van der Waals surface area contributed by atoms with E-state index in [1.54, 1.807) is 26.0 Å². The van der Waals surface area contributed by atoms with E-state index >= 15 is 0 Å². The van der Waals surface area contributed by atoms with Crippen LogP contribution in [-0.4, -0.2) is 45.1 Å². The molecule has 21 heavy (non-hydrogen) atoms. The van der Waals surface area contributed by atoms with E-state index in [9.17, 15) is 9.90 Å². The number of aliphatic hydroxyl groups is 1. The van der Waals surface area contributed by atoms with Crippen LogP contribution in [-0.2, 0) is 0 Å². The summed E-state index contributed by atoms with van der Waals surface area (Å²) in [6.07, 6.45) is -0.945. The zero-order valence-electron chi connectivity index (χ0n) is 11.9. The van der Waals surface area contributed by atoms with E-state index in [0.717, 1.165) is 0 Å². The van der Waals surface area contributed by atoms with Crippen molar-refractivity contribution in [3.05, 3.63) is 17.7 Å². The molecule has 2 heterocycles. The van der Waals surface area contributed by atoms with Gasteiger partial charge in [0.25, 0.3) is 0 Å². The number of aliphatic hydroxyl groups excluding tert-OH is 1. The molecular formula is C13H16N4O4. The number of carbonyl (C=O) groups is 1. The van der Waals surface area contributed by atoms with Crippen LogP contribution < -0.4 is 10.5 Å². The normalized spacial score (nSPS) is 23.4. The summed E-state index contributed by atoms with van der Waals surface area (Å²) >= 11 is 0. The van der Waals surface area contributed by atoms with Crippen molar-refractivity contribution in [2.75, 3.05) is 7.05 Å². The van der Waals surface area contributed by atoms with Crippen molar-refractivity contribution in [1.29, 1.82) is 0 Å². The van der Waals surface area contributed by atoms with Crippen LogP contribution in [0.4, 0.5) is 4.79 Å². The lowest BCUT2D eigenvalue weighted by atomic mass is 9.85. The maximum Gasteiger partial charge on any atom is 0.315 e. The van der Waals surface area contributed by atoms with Gasteiger partial charge in [0, 0.05) is 18.7 Å². The molecule has 0 saturated heterocycles. The van der Waals surface area contributed by atoms with E-state index < -0.39 is 23.8 Å². The first-order valence-electron chi connectivity index (χ1n) is 6.47. The molecule has 1 aromatic heterocycles. The predicted molar refractivity (Wildman–Crippen MR) is 72.6 cm³/mol. The lowest BCUT2D eigenvalue weighted by Gasteiger charge is -2.44. The smallest absolute Gasteiger partial charge is 0.315 e. The summed E-state index contributed by atoms with van der Waals surface area (Å²) < 4.78 is 10.5. The summed E-state index contributed by atoms with van der Waals surface area (Å²) in [4.78, 5) is 12.8. The van der Waals surface area contributed by atoms with Gasteiger partial charge in [0.1, 0.15) is 28.5 Å². The molecule has 2 aromatic rings. The minimum Gasteiger partial charge on any atom is -0.485 e. The first-order chi connectivity index (χ1) is 9.81. The third-order valence-electron chi connectivity index (χ3n) is 3.85. The van der Waals surface area contributed by atoms with Crippen LogP contribution in [0.15, 0.2) is 16.8 Å². The van der Waals surface area contributed by atoms with Gasteiger partial charge in [0.05, 0.1) is 6.04 Å². The zero-order chi connectivity index (χ0) is 15.4. The van der Waals surface area contributed by atoms with Crippen molar-refractivity contribution in [2.24, 2.45) is 5.73 Å². The minimum absolute atomic E-state index is 0.520. The highest BCUT2D eigenvalue weighted by Gasteiger charge is 2.45. The molecule has 0 fully saturated rings. The minimum atomic E-state index is -0.945. The Morgan fingerprint density at radius 3 is 2.62 bits per heavy atom. The maximum absolute atomic E-state index is 11.5. The van der Waals surface area contributed by atoms with Crippen LogP contribution in [0.5, 0.6) is 5.75 Å². The highest BCUT2D eigenvalue weighted by molar-refractivity contribution is 5.78. The number of primary amides is 1. The number of benzene rings is 1. The number of rotatable bonds is 1. The quantitative estimate of drug-likeness (QED) is 0.803. The lowest BCUT2D eigenvalue weighted by molar-refractivity contribution is -0.0808. The first-order valence-corrected chi connectivity index (χ1v) is 6.47.